The number of halogens is 1. The van der Waals surface area contributed by atoms with E-state index in [4.69, 9.17) is 5.84 Å². The summed E-state index contributed by atoms with van der Waals surface area (Å²) < 4.78 is 38.9. The Hall–Kier alpha value is -2.19. The molecule has 0 aliphatic rings. The van der Waals surface area contributed by atoms with Crippen molar-refractivity contribution in [3.8, 4) is 0 Å². The lowest BCUT2D eigenvalue weighted by molar-refractivity contribution is 0.594. The SMILES string of the molecule is CN(c1ccc(F)cc1)S(=O)(=O)c1cccnc1NN. The highest BCUT2D eigenvalue weighted by Crippen LogP contribution is 2.25. The molecular formula is C12H13FN4O2S. The predicted octanol–water partition coefficient (Wildman–Crippen LogP) is 1.33. The van der Waals surface area contributed by atoms with Gasteiger partial charge in [-0.2, -0.15) is 0 Å². The number of aromatic nitrogens is 1. The molecule has 0 atom stereocenters. The first-order valence-electron chi connectivity index (χ1n) is 5.63. The fourth-order valence-electron chi connectivity index (χ4n) is 1.64. The number of anilines is 2. The Morgan fingerprint density at radius 3 is 2.50 bits per heavy atom. The van der Waals surface area contributed by atoms with E-state index in [-0.39, 0.29) is 10.7 Å². The molecule has 2 aromatic rings. The first kappa shape index (κ1) is 14.2. The molecule has 20 heavy (non-hydrogen) atoms. The smallest absolute Gasteiger partial charge is 0.267 e. The Morgan fingerprint density at radius 1 is 1.25 bits per heavy atom. The van der Waals surface area contributed by atoms with Crippen molar-refractivity contribution in [2.75, 3.05) is 16.8 Å². The third-order valence-corrected chi connectivity index (χ3v) is 4.55. The highest BCUT2D eigenvalue weighted by Gasteiger charge is 2.24. The number of hydrogen-bond acceptors (Lipinski definition) is 5. The van der Waals surface area contributed by atoms with Crippen LogP contribution >= 0.6 is 0 Å². The number of nitrogens with zero attached hydrogens (tertiary/aromatic N) is 2. The van der Waals surface area contributed by atoms with E-state index in [1.165, 1.54) is 49.6 Å². The van der Waals surface area contributed by atoms with Crippen LogP contribution in [0.4, 0.5) is 15.9 Å². The van der Waals surface area contributed by atoms with Crippen molar-refractivity contribution in [3.05, 3.63) is 48.4 Å². The molecule has 0 spiro atoms. The van der Waals surface area contributed by atoms with E-state index >= 15 is 0 Å². The lowest BCUT2D eigenvalue weighted by atomic mass is 10.3. The van der Waals surface area contributed by atoms with Crippen molar-refractivity contribution in [1.29, 1.82) is 0 Å². The van der Waals surface area contributed by atoms with Crippen LogP contribution in [0.15, 0.2) is 47.5 Å². The number of rotatable bonds is 4. The van der Waals surface area contributed by atoms with E-state index in [0.29, 0.717) is 5.69 Å². The monoisotopic (exact) mass is 296 g/mol. The maximum absolute atomic E-state index is 12.9. The molecule has 6 nitrogen and oxygen atoms in total. The zero-order valence-electron chi connectivity index (χ0n) is 10.6. The number of hydrazine groups is 1. The Labute approximate surface area is 116 Å². The van der Waals surface area contributed by atoms with Crippen LogP contribution in [-0.2, 0) is 10.0 Å². The molecule has 1 aromatic heterocycles. The van der Waals surface area contributed by atoms with Gasteiger partial charge in [0.2, 0.25) is 0 Å². The van der Waals surface area contributed by atoms with Crippen LogP contribution in [-0.4, -0.2) is 20.4 Å². The topological polar surface area (TPSA) is 88.3 Å². The second-order valence-corrected chi connectivity index (χ2v) is 5.88. The standard InChI is InChI=1S/C12H13FN4O2S/c1-17(10-6-4-9(13)5-7-10)20(18,19)11-3-2-8-15-12(11)16-14/h2-8H,14H2,1H3,(H,15,16). The molecule has 1 heterocycles. The molecule has 0 aliphatic heterocycles. The van der Waals surface area contributed by atoms with Gasteiger partial charge in [-0.25, -0.2) is 23.6 Å². The third-order valence-electron chi connectivity index (χ3n) is 2.74. The molecule has 0 saturated carbocycles. The molecule has 0 radical (unpaired) electrons. The van der Waals surface area contributed by atoms with Gasteiger partial charge >= 0.3 is 0 Å². The van der Waals surface area contributed by atoms with Crippen LogP contribution in [0.25, 0.3) is 0 Å². The maximum atomic E-state index is 12.9. The number of pyridine rings is 1. The van der Waals surface area contributed by atoms with Gasteiger partial charge in [-0.3, -0.25) is 4.31 Å². The molecule has 0 unspecified atom stereocenters. The highest BCUT2D eigenvalue weighted by molar-refractivity contribution is 7.93. The summed E-state index contributed by atoms with van der Waals surface area (Å²) in [5.74, 6) is 4.86. The van der Waals surface area contributed by atoms with Crippen molar-refractivity contribution in [2.45, 2.75) is 4.90 Å². The Bertz CT molecular complexity index is 704. The van der Waals surface area contributed by atoms with E-state index in [2.05, 4.69) is 10.4 Å². The van der Waals surface area contributed by atoms with E-state index in [0.717, 1.165) is 4.31 Å². The van der Waals surface area contributed by atoms with Crippen molar-refractivity contribution in [2.24, 2.45) is 5.84 Å². The summed E-state index contributed by atoms with van der Waals surface area (Å²) in [6, 6.07) is 8.00. The first-order valence-corrected chi connectivity index (χ1v) is 7.07. The lowest BCUT2D eigenvalue weighted by Gasteiger charge is -2.20. The minimum Gasteiger partial charge on any atom is -0.307 e. The van der Waals surface area contributed by atoms with Gasteiger partial charge in [0.15, 0.2) is 5.82 Å². The van der Waals surface area contributed by atoms with Crippen LogP contribution < -0.4 is 15.6 Å². The second-order valence-electron chi connectivity index (χ2n) is 3.94. The summed E-state index contributed by atoms with van der Waals surface area (Å²) in [6.45, 7) is 0. The first-order chi connectivity index (χ1) is 9.46. The quantitative estimate of drug-likeness (QED) is 0.656. The van der Waals surface area contributed by atoms with Crippen LogP contribution in [0.2, 0.25) is 0 Å². The molecule has 106 valence electrons. The Morgan fingerprint density at radius 2 is 1.90 bits per heavy atom. The average molecular weight is 296 g/mol. The Balaban J connectivity index is 2.46. The summed E-state index contributed by atoms with van der Waals surface area (Å²) in [4.78, 5) is 3.79. The highest BCUT2D eigenvalue weighted by atomic mass is 32.2. The molecule has 0 saturated heterocycles. The normalized spacial score (nSPS) is 11.2. The summed E-state index contributed by atoms with van der Waals surface area (Å²) in [6.07, 6.45) is 1.42. The van der Waals surface area contributed by atoms with Crippen molar-refractivity contribution in [3.63, 3.8) is 0 Å². The number of nitrogens with one attached hydrogen (secondary N) is 1. The molecule has 0 bridgehead atoms. The summed E-state index contributed by atoms with van der Waals surface area (Å²) in [5, 5.41) is 0. The fourth-order valence-corrected chi connectivity index (χ4v) is 2.95. The molecular weight excluding hydrogens is 283 g/mol. The number of benzene rings is 1. The third kappa shape index (κ3) is 2.56. The van der Waals surface area contributed by atoms with Gasteiger partial charge in [0.05, 0.1) is 5.69 Å². The van der Waals surface area contributed by atoms with Gasteiger partial charge in [-0.05, 0) is 36.4 Å². The molecule has 3 N–H and O–H groups in total. The summed E-state index contributed by atoms with van der Waals surface area (Å²) >= 11 is 0. The van der Waals surface area contributed by atoms with Gasteiger partial charge in [0, 0.05) is 13.2 Å². The van der Waals surface area contributed by atoms with Crippen LogP contribution in [0.3, 0.4) is 0 Å². The van der Waals surface area contributed by atoms with Gasteiger partial charge in [0.25, 0.3) is 10.0 Å². The molecule has 1 aromatic carbocycles. The van der Waals surface area contributed by atoms with E-state index < -0.39 is 15.8 Å². The fraction of sp³-hybridized carbons (Fsp3) is 0.0833. The largest absolute Gasteiger partial charge is 0.307 e. The van der Waals surface area contributed by atoms with Crippen molar-refractivity contribution in [1.82, 2.24) is 4.98 Å². The van der Waals surface area contributed by atoms with Gasteiger partial charge in [-0.1, -0.05) is 0 Å². The lowest BCUT2D eigenvalue weighted by Crippen LogP contribution is -2.28. The number of hydrogen-bond donors (Lipinski definition) is 2. The zero-order chi connectivity index (χ0) is 14.8. The minimum atomic E-state index is -3.84. The molecule has 2 rings (SSSR count). The number of nitrogen functional groups attached to an aromatic ring is 1. The minimum absolute atomic E-state index is 0.0430. The average Bonchev–Trinajstić information content (AvgIpc) is 2.47. The predicted molar refractivity (Wildman–Crippen MR) is 74.0 cm³/mol. The second kappa shape index (κ2) is 5.43. The zero-order valence-corrected chi connectivity index (χ0v) is 11.4. The van der Waals surface area contributed by atoms with Gasteiger partial charge in [-0.15, -0.1) is 0 Å². The van der Waals surface area contributed by atoms with E-state index in [1.807, 2.05) is 0 Å². The molecule has 0 fully saturated rings. The van der Waals surface area contributed by atoms with E-state index in [1.54, 1.807) is 0 Å². The van der Waals surface area contributed by atoms with Crippen LogP contribution in [0, 0.1) is 5.82 Å². The van der Waals surface area contributed by atoms with Gasteiger partial charge < -0.3 is 5.43 Å². The molecule has 8 heteroatoms. The maximum Gasteiger partial charge on any atom is 0.267 e. The molecule has 0 aliphatic carbocycles. The van der Waals surface area contributed by atoms with Crippen molar-refractivity contribution >= 4 is 21.5 Å². The number of sulfonamides is 1. The van der Waals surface area contributed by atoms with Crippen LogP contribution in [0.5, 0.6) is 0 Å². The van der Waals surface area contributed by atoms with Crippen molar-refractivity contribution < 1.29 is 12.8 Å². The summed E-state index contributed by atoms with van der Waals surface area (Å²) in [5.41, 5.74) is 2.57. The molecule has 0 amide bonds. The Kier molecular flexibility index (Phi) is 3.86. The van der Waals surface area contributed by atoms with Crippen LogP contribution in [0.1, 0.15) is 0 Å². The van der Waals surface area contributed by atoms with E-state index in [9.17, 15) is 12.8 Å². The van der Waals surface area contributed by atoms with Gasteiger partial charge in [0.1, 0.15) is 10.7 Å². The number of nitrogens with two attached hydrogens (primary N) is 1. The summed E-state index contributed by atoms with van der Waals surface area (Å²) in [7, 11) is -2.47.